The molecule has 128 valence electrons. The first-order chi connectivity index (χ1) is 10.8. The Labute approximate surface area is 133 Å². The Kier molecular flexibility index (Phi) is 6.93. The maximum absolute atomic E-state index is 12.0. The van der Waals surface area contributed by atoms with Crippen LogP contribution in [0.25, 0.3) is 0 Å². The number of amides is 1. The number of rotatable bonds is 9. The second-order valence-corrected chi connectivity index (χ2v) is 5.46. The SMILES string of the molecule is CCCC(C)(NC(=O)CCc1ccc(OC(F)F)cc1)C(=O)O. The number of aliphatic carboxylic acids is 1. The highest BCUT2D eigenvalue weighted by molar-refractivity contribution is 5.86. The summed E-state index contributed by atoms with van der Waals surface area (Å²) in [5, 5.41) is 11.7. The number of aryl methyl sites for hydroxylation is 1. The van der Waals surface area contributed by atoms with E-state index in [-0.39, 0.29) is 18.1 Å². The van der Waals surface area contributed by atoms with E-state index in [1.165, 1.54) is 19.1 Å². The van der Waals surface area contributed by atoms with E-state index in [9.17, 15) is 23.5 Å². The number of ether oxygens (including phenoxy) is 1. The van der Waals surface area contributed by atoms with Crippen LogP contribution in [0.4, 0.5) is 8.78 Å². The molecule has 1 unspecified atom stereocenters. The molecule has 0 aliphatic carbocycles. The lowest BCUT2D eigenvalue weighted by Crippen LogP contribution is -2.52. The molecule has 1 rings (SSSR count). The Bertz CT molecular complexity index is 533. The van der Waals surface area contributed by atoms with Gasteiger partial charge in [0, 0.05) is 6.42 Å². The highest BCUT2D eigenvalue weighted by Gasteiger charge is 2.33. The van der Waals surface area contributed by atoms with Gasteiger partial charge in [0.15, 0.2) is 0 Å². The van der Waals surface area contributed by atoms with Crippen LogP contribution in [-0.4, -0.2) is 29.1 Å². The van der Waals surface area contributed by atoms with Gasteiger partial charge in [-0.2, -0.15) is 8.78 Å². The van der Waals surface area contributed by atoms with E-state index in [1.54, 1.807) is 12.1 Å². The van der Waals surface area contributed by atoms with Crippen molar-refractivity contribution in [3.63, 3.8) is 0 Å². The molecule has 0 saturated heterocycles. The van der Waals surface area contributed by atoms with Crippen LogP contribution in [0.2, 0.25) is 0 Å². The van der Waals surface area contributed by atoms with Gasteiger partial charge in [-0.15, -0.1) is 0 Å². The number of halogens is 2. The molecular weight excluding hydrogens is 308 g/mol. The molecule has 0 spiro atoms. The first-order valence-corrected chi connectivity index (χ1v) is 7.35. The number of carbonyl (C=O) groups is 2. The highest BCUT2D eigenvalue weighted by atomic mass is 19.3. The van der Waals surface area contributed by atoms with Gasteiger partial charge in [-0.05, 0) is 37.5 Å². The van der Waals surface area contributed by atoms with Gasteiger partial charge in [0.05, 0.1) is 0 Å². The molecule has 0 aromatic heterocycles. The summed E-state index contributed by atoms with van der Waals surface area (Å²) in [7, 11) is 0. The van der Waals surface area contributed by atoms with E-state index < -0.39 is 18.1 Å². The van der Waals surface area contributed by atoms with Crippen molar-refractivity contribution in [3.05, 3.63) is 29.8 Å². The zero-order valence-corrected chi connectivity index (χ0v) is 13.1. The van der Waals surface area contributed by atoms with Gasteiger partial charge in [0.2, 0.25) is 5.91 Å². The molecule has 1 atom stereocenters. The largest absolute Gasteiger partial charge is 0.480 e. The number of carboxylic acid groups (broad SMARTS) is 1. The Balaban J connectivity index is 2.54. The zero-order chi connectivity index (χ0) is 17.5. The molecule has 0 saturated carbocycles. The molecule has 0 heterocycles. The molecule has 0 aliphatic rings. The molecule has 1 amide bonds. The minimum absolute atomic E-state index is 0.0506. The summed E-state index contributed by atoms with van der Waals surface area (Å²) in [6.45, 7) is 0.447. The maximum atomic E-state index is 12.0. The predicted molar refractivity (Wildman–Crippen MR) is 80.5 cm³/mol. The molecule has 2 N–H and O–H groups in total. The number of carbonyl (C=O) groups excluding carboxylic acids is 1. The van der Waals surface area contributed by atoms with Crippen molar-refractivity contribution in [2.45, 2.75) is 51.7 Å². The number of alkyl halides is 2. The third-order valence-corrected chi connectivity index (χ3v) is 3.43. The Hall–Kier alpha value is -2.18. The summed E-state index contributed by atoms with van der Waals surface area (Å²) in [5.41, 5.74) is -0.505. The van der Waals surface area contributed by atoms with Gasteiger partial charge in [-0.1, -0.05) is 25.5 Å². The monoisotopic (exact) mass is 329 g/mol. The van der Waals surface area contributed by atoms with E-state index in [2.05, 4.69) is 10.1 Å². The lowest BCUT2D eigenvalue weighted by Gasteiger charge is -2.25. The number of benzene rings is 1. The van der Waals surface area contributed by atoms with Gasteiger partial charge in [0.25, 0.3) is 0 Å². The fourth-order valence-corrected chi connectivity index (χ4v) is 2.19. The van der Waals surface area contributed by atoms with Gasteiger partial charge in [0.1, 0.15) is 11.3 Å². The smallest absolute Gasteiger partial charge is 0.387 e. The molecule has 0 aliphatic heterocycles. The van der Waals surface area contributed by atoms with Crippen LogP contribution in [0.15, 0.2) is 24.3 Å². The molecule has 0 fully saturated rings. The topological polar surface area (TPSA) is 75.6 Å². The zero-order valence-electron chi connectivity index (χ0n) is 13.1. The lowest BCUT2D eigenvalue weighted by atomic mass is 9.96. The predicted octanol–water partition coefficient (Wildman–Crippen LogP) is 2.98. The summed E-state index contributed by atoms with van der Waals surface area (Å²) in [4.78, 5) is 23.2. The minimum Gasteiger partial charge on any atom is -0.480 e. The van der Waals surface area contributed by atoms with Crippen molar-refractivity contribution >= 4 is 11.9 Å². The van der Waals surface area contributed by atoms with Crippen LogP contribution in [0.1, 0.15) is 38.7 Å². The molecule has 1 aromatic carbocycles. The van der Waals surface area contributed by atoms with Crippen LogP contribution < -0.4 is 10.1 Å². The average molecular weight is 329 g/mol. The third kappa shape index (κ3) is 6.22. The van der Waals surface area contributed by atoms with Gasteiger partial charge in [-0.25, -0.2) is 4.79 Å². The maximum Gasteiger partial charge on any atom is 0.387 e. The van der Waals surface area contributed by atoms with Crippen LogP contribution in [0, 0.1) is 0 Å². The van der Waals surface area contributed by atoms with Gasteiger partial charge < -0.3 is 15.2 Å². The van der Waals surface area contributed by atoms with Crippen LogP contribution in [-0.2, 0) is 16.0 Å². The Morgan fingerprint density at radius 1 is 1.30 bits per heavy atom. The number of nitrogens with one attached hydrogen (secondary N) is 1. The van der Waals surface area contributed by atoms with Crippen molar-refractivity contribution in [3.8, 4) is 5.75 Å². The molecule has 0 radical (unpaired) electrons. The van der Waals surface area contributed by atoms with E-state index in [4.69, 9.17) is 0 Å². The lowest BCUT2D eigenvalue weighted by molar-refractivity contribution is -0.147. The summed E-state index contributed by atoms with van der Waals surface area (Å²) in [6.07, 6.45) is 1.46. The number of carboxylic acids is 1. The third-order valence-electron chi connectivity index (χ3n) is 3.43. The Morgan fingerprint density at radius 2 is 1.91 bits per heavy atom. The van der Waals surface area contributed by atoms with Gasteiger partial charge in [-0.3, -0.25) is 4.79 Å². The van der Waals surface area contributed by atoms with Crippen LogP contribution >= 0.6 is 0 Å². The van der Waals surface area contributed by atoms with E-state index >= 15 is 0 Å². The van der Waals surface area contributed by atoms with E-state index in [0.29, 0.717) is 19.3 Å². The number of hydrogen-bond donors (Lipinski definition) is 2. The normalized spacial score (nSPS) is 13.4. The highest BCUT2D eigenvalue weighted by Crippen LogP contribution is 2.16. The molecular formula is C16H21F2NO4. The molecule has 0 bridgehead atoms. The van der Waals surface area contributed by atoms with Gasteiger partial charge >= 0.3 is 12.6 Å². The first-order valence-electron chi connectivity index (χ1n) is 7.35. The second-order valence-electron chi connectivity index (χ2n) is 5.46. The average Bonchev–Trinajstić information content (AvgIpc) is 2.46. The molecule has 5 nitrogen and oxygen atoms in total. The van der Waals surface area contributed by atoms with Crippen molar-refractivity contribution < 1.29 is 28.2 Å². The standard InChI is InChI=1S/C16H21F2NO4/c1-3-10-16(2,14(21)22)19-13(20)9-6-11-4-7-12(8-5-11)23-15(17)18/h4-5,7-8,15H,3,6,9-10H2,1-2H3,(H,19,20)(H,21,22). The fourth-order valence-electron chi connectivity index (χ4n) is 2.19. The van der Waals surface area contributed by atoms with Crippen LogP contribution in [0.3, 0.4) is 0 Å². The summed E-state index contributed by atoms with van der Waals surface area (Å²) in [6, 6.07) is 5.98. The minimum atomic E-state index is -2.88. The summed E-state index contributed by atoms with van der Waals surface area (Å²) >= 11 is 0. The van der Waals surface area contributed by atoms with Crippen molar-refractivity contribution in [1.29, 1.82) is 0 Å². The van der Waals surface area contributed by atoms with Crippen molar-refractivity contribution in [2.75, 3.05) is 0 Å². The summed E-state index contributed by atoms with van der Waals surface area (Å²) in [5.74, 6) is -1.38. The molecule has 23 heavy (non-hydrogen) atoms. The fraction of sp³-hybridized carbons (Fsp3) is 0.500. The van der Waals surface area contributed by atoms with E-state index in [1.807, 2.05) is 6.92 Å². The molecule has 7 heteroatoms. The Morgan fingerprint density at radius 3 is 2.39 bits per heavy atom. The quantitative estimate of drug-likeness (QED) is 0.730. The van der Waals surface area contributed by atoms with E-state index in [0.717, 1.165) is 5.56 Å². The van der Waals surface area contributed by atoms with Crippen molar-refractivity contribution in [2.24, 2.45) is 0 Å². The van der Waals surface area contributed by atoms with Crippen molar-refractivity contribution in [1.82, 2.24) is 5.32 Å². The first kappa shape index (κ1) is 18.9. The second kappa shape index (κ2) is 8.45. The summed E-state index contributed by atoms with van der Waals surface area (Å²) < 4.78 is 28.3. The molecule has 1 aromatic rings. The van der Waals surface area contributed by atoms with Crippen LogP contribution in [0.5, 0.6) is 5.75 Å². The number of hydrogen-bond acceptors (Lipinski definition) is 3.